The molecule has 0 bridgehead atoms. The minimum absolute atomic E-state index is 0.0615. The Labute approximate surface area is 54.5 Å². The third-order valence-corrected chi connectivity index (χ3v) is 0.698. The molecule has 0 aliphatic rings. The fraction of sp³-hybridized carbons (Fsp3) is 0.500. The molecule has 0 fully saturated rings. The quantitative estimate of drug-likeness (QED) is 0.443. The number of ether oxygens (including phenoxy) is 1. The zero-order chi connectivity index (χ0) is 7.11. The monoisotopic (exact) mass is 129 g/mol. The molecule has 0 spiro atoms. The Morgan fingerprint density at radius 3 is 2.89 bits per heavy atom. The van der Waals surface area contributed by atoms with E-state index >= 15 is 0 Å². The van der Waals surface area contributed by atoms with Crippen molar-refractivity contribution in [3.05, 3.63) is 12.3 Å². The summed E-state index contributed by atoms with van der Waals surface area (Å²) in [5, 5.41) is 0. The molecular formula is C6H11NO2. The molecule has 0 aromatic heterocycles. The van der Waals surface area contributed by atoms with Crippen molar-refractivity contribution < 1.29 is 9.53 Å². The van der Waals surface area contributed by atoms with E-state index in [-0.39, 0.29) is 6.54 Å². The molecule has 0 rings (SSSR count). The molecule has 0 aromatic carbocycles. The van der Waals surface area contributed by atoms with Crippen LogP contribution in [0.2, 0.25) is 0 Å². The Morgan fingerprint density at radius 1 is 1.78 bits per heavy atom. The van der Waals surface area contributed by atoms with Gasteiger partial charge >= 0.3 is 5.97 Å². The molecule has 0 unspecified atom stereocenters. The van der Waals surface area contributed by atoms with E-state index in [1.54, 1.807) is 6.08 Å². The van der Waals surface area contributed by atoms with Crippen LogP contribution in [0.4, 0.5) is 0 Å². The van der Waals surface area contributed by atoms with Crippen LogP contribution in [0.25, 0.3) is 0 Å². The SMILES string of the molecule is CCC=COC(=O)CN. The molecular weight excluding hydrogens is 118 g/mol. The Hall–Kier alpha value is -0.830. The second-order valence-corrected chi connectivity index (χ2v) is 1.47. The number of hydrogen-bond acceptors (Lipinski definition) is 3. The summed E-state index contributed by atoms with van der Waals surface area (Å²) in [6.45, 7) is 1.89. The molecule has 52 valence electrons. The summed E-state index contributed by atoms with van der Waals surface area (Å²) in [4.78, 5) is 10.3. The van der Waals surface area contributed by atoms with E-state index in [0.29, 0.717) is 0 Å². The van der Waals surface area contributed by atoms with Crippen molar-refractivity contribution in [1.29, 1.82) is 0 Å². The van der Waals surface area contributed by atoms with Gasteiger partial charge in [-0.25, -0.2) is 0 Å². The van der Waals surface area contributed by atoms with E-state index < -0.39 is 5.97 Å². The summed E-state index contributed by atoms with van der Waals surface area (Å²) in [6, 6.07) is 0. The molecule has 0 saturated heterocycles. The van der Waals surface area contributed by atoms with Crippen LogP contribution in [0.1, 0.15) is 13.3 Å². The molecule has 3 heteroatoms. The van der Waals surface area contributed by atoms with E-state index in [1.807, 2.05) is 6.92 Å². The number of allylic oxidation sites excluding steroid dienone is 1. The van der Waals surface area contributed by atoms with Crippen molar-refractivity contribution in [2.24, 2.45) is 5.73 Å². The van der Waals surface area contributed by atoms with Gasteiger partial charge in [-0.1, -0.05) is 6.92 Å². The number of carbonyl (C=O) groups excluding carboxylic acids is 1. The molecule has 0 heterocycles. The lowest BCUT2D eigenvalue weighted by molar-refractivity contribution is -0.136. The van der Waals surface area contributed by atoms with E-state index in [0.717, 1.165) is 6.42 Å². The molecule has 2 N–H and O–H groups in total. The van der Waals surface area contributed by atoms with Crippen LogP contribution in [-0.4, -0.2) is 12.5 Å². The average Bonchev–Trinajstić information content (AvgIpc) is 1.89. The second kappa shape index (κ2) is 5.31. The van der Waals surface area contributed by atoms with Crippen LogP contribution >= 0.6 is 0 Å². The van der Waals surface area contributed by atoms with Crippen molar-refractivity contribution in [1.82, 2.24) is 0 Å². The highest BCUT2D eigenvalue weighted by Crippen LogP contribution is 1.81. The second-order valence-electron chi connectivity index (χ2n) is 1.47. The Kier molecular flexibility index (Phi) is 4.82. The Bertz CT molecular complexity index is 110. The smallest absolute Gasteiger partial charge is 0.324 e. The zero-order valence-electron chi connectivity index (χ0n) is 5.46. The minimum Gasteiger partial charge on any atom is -0.434 e. The van der Waals surface area contributed by atoms with Gasteiger partial charge in [0, 0.05) is 0 Å². The van der Waals surface area contributed by atoms with Crippen LogP contribution in [0, 0.1) is 0 Å². The van der Waals surface area contributed by atoms with Gasteiger partial charge < -0.3 is 10.5 Å². The van der Waals surface area contributed by atoms with Gasteiger partial charge in [-0.15, -0.1) is 0 Å². The molecule has 0 amide bonds. The van der Waals surface area contributed by atoms with Crippen LogP contribution < -0.4 is 5.73 Å². The van der Waals surface area contributed by atoms with Gasteiger partial charge in [0.2, 0.25) is 0 Å². The largest absolute Gasteiger partial charge is 0.434 e. The van der Waals surface area contributed by atoms with Gasteiger partial charge in [-0.05, 0) is 12.5 Å². The molecule has 0 saturated carbocycles. The lowest BCUT2D eigenvalue weighted by Crippen LogP contribution is -2.13. The average molecular weight is 129 g/mol. The molecule has 0 atom stereocenters. The molecule has 0 aliphatic heterocycles. The molecule has 0 radical (unpaired) electrons. The predicted molar refractivity (Wildman–Crippen MR) is 34.6 cm³/mol. The maximum atomic E-state index is 10.3. The van der Waals surface area contributed by atoms with Gasteiger partial charge in [0.05, 0.1) is 12.8 Å². The first-order valence-corrected chi connectivity index (χ1v) is 2.85. The highest BCUT2D eigenvalue weighted by atomic mass is 16.5. The summed E-state index contributed by atoms with van der Waals surface area (Å²) in [7, 11) is 0. The van der Waals surface area contributed by atoms with E-state index in [9.17, 15) is 4.79 Å². The van der Waals surface area contributed by atoms with Crippen molar-refractivity contribution in [3.8, 4) is 0 Å². The van der Waals surface area contributed by atoms with Crippen molar-refractivity contribution >= 4 is 5.97 Å². The zero-order valence-corrected chi connectivity index (χ0v) is 5.46. The van der Waals surface area contributed by atoms with E-state index in [2.05, 4.69) is 4.74 Å². The standard InChI is InChI=1S/C6H11NO2/c1-2-3-4-9-6(8)5-7/h3-4H,2,5,7H2,1H3. The number of hydrogen-bond donors (Lipinski definition) is 1. The first-order valence-electron chi connectivity index (χ1n) is 2.85. The predicted octanol–water partition coefficient (Wildman–Crippen LogP) is 0.412. The fourth-order valence-corrected chi connectivity index (χ4v) is 0.268. The normalized spacial score (nSPS) is 10.0. The number of rotatable bonds is 3. The third kappa shape index (κ3) is 5.03. The highest BCUT2D eigenvalue weighted by Gasteiger charge is 1.91. The molecule has 9 heavy (non-hydrogen) atoms. The van der Waals surface area contributed by atoms with Crippen LogP contribution in [0.15, 0.2) is 12.3 Å². The molecule has 0 aromatic rings. The van der Waals surface area contributed by atoms with E-state index in [4.69, 9.17) is 5.73 Å². The number of nitrogens with two attached hydrogens (primary N) is 1. The number of esters is 1. The van der Waals surface area contributed by atoms with Gasteiger partial charge in [0.1, 0.15) is 0 Å². The maximum Gasteiger partial charge on any atom is 0.324 e. The summed E-state index contributed by atoms with van der Waals surface area (Å²) >= 11 is 0. The van der Waals surface area contributed by atoms with E-state index in [1.165, 1.54) is 6.26 Å². The van der Waals surface area contributed by atoms with Gasteiger partial charge in [0.15, 0.2) is 0 Å². The number of carbonyl (C=O) groups is 1. The summed E-state index contributed by atoms with van der Waals surface area (Å²) in [5.41, 5.74) is 4.95. The van der Waals surface area contributed by atoms with Gasteiger partial charge in [0.25, 0.3) is 0 Å². The lowest BCUT2D eigenvalue weighted by Gasteiger charge is -1.91. The van der Waals surface area contributed by atoms with Crippen LogP contribution in [-0.2, 0) is 9.53 Å². The molecule has 0 aliphatic carbocycles. The van der Waals surface area contributed by atoms with Crippen LogP contribution in [0.5, 0.6) is 0 Å². The Morgan fingerprint density at radius 2 is 2.44 bits per heavy atom. The summed E-state index contributed by atoms with van der Waals surface area (Å²) in [6.07, 6.45) is 3.96. The highest BCUT2D eigenvalue weighted by molar-refractivity contribution is 5.71. The maximum absolute atomic E-state index is 10.3. The van der Waals surface area contributed by atoms with Crippen molar-refractivity contribution in [3.63, 3.8) is 0 Å². The van der Waals surface area contributed by atoms with Gasteiger partial charge in [-0.2, -0.15) is 0 Å². The lowest BCUT2D eigenvalue weighted by atomic mass is 10.5. The molecule has 3 nitrogen and oxygen atoms in total. The first kappa shape index (κ1) is 8.17. The summed E-state index contributed by atoms with van der Waals surface area (Å²) < 4.78 is 4.49. The topological polar surface area (TPSA) is 52.3 Å². The Balaban J connectivity index is 3.26. The summed E-state index contributed by atoms with van der Waals surface area (Å²) in [5.74, 6) is -0.403. The van der Waals surface area contributed by atoms with Gasteiger partial charge in [-0.3, -0.25) is 4.79 Å². The fourth-order valence-electron chi connectivity index (χ4n) is 0.268. The minimum atomic E-state index is -0.403. The van der Waals surface area contributed by atoms with Crippen molar-refractivity contribution in [2.75, 3.05) is 6.54 Å². The van der Waals surface area contributed by atoms with Crippen LogP contribution in [0.3, 0.4) is 0 Å². The van der Waals surface area contributed by atoms with Crippen molar-refractivity contribution in [2.45, 2.75) is 13.3 Å². The third-order valence-electron chi connectivity index (χ3n) is 0.698. The first-order chi connectivity index (χ1) is 4.31.